The minimum atomic E-state index is -0.916. The van der Waals surface area contributed by atoms with E-state index in [0.717, 1.165) is 23.2 Å². The van der Waals surface area contributed by atoms with Crippen LogP contribution in [0.3, 0.4) is 0 Å². The molecule has 0 saturated heterocycles. The molecule has 0 amide bonds. The Morgan fingerprint density at radius 3 is 2.62 bits per heavy atom. The Balaban J connectivity index is 3.34. The van der Waals surface area contributed by atoms with Gasteiger partial charge in [0, 0.05) is 5.69 Å². The first-order valence-corrected chi connectivity index (χ1v) is 4.19. The predicted molar refractivity (Wildman–Crippen MR) is 52.0 cm³/mol. The normalized spacial score (nSPS) is 10.0. The number of aromatic nitrogens is 1. The van der Waals surface area contributed by atoms with E-state index in [2.05, 4.69) is 11.6 Å². The Morgan fingerprint density at radius 2 is 2.31 bits per heavy atom. The molecule has 1 aromatic rings. The monoisotopic (exact) mass is 179 g/mol. The molecule has 2 N–H and O–H groups in total. The molecule has 0 aliphatic carbocycles. The summed E-state index contributed by atoms with van der Waals surface area (Å²) in [6.07, 6.45) is 2.47. The van der Waals surface area contributed by atoms with Crippen LogP contribution in [0.1, 0.15) is 34.2 Å². The molecular formula is C10H13NO2. The standard InChI is InChI=1S/C10H13NO2/c1-4-7-6(3)9(10(12)13)11-8(7)5-2/h5,11H,2,4H2,1,3H3,(H,12,13). The van der Waals surface area contributed by atoms with Crippen LogP contribution in [0.15, 0.2) is 6.58 Å². The smallest absolute Gasteiger partial charge is 0.352 e. The predicted octanol–water partition coefficient (Wildman–Crippen LogP) is 2.23. The lowest BCUT2D eigenvalue weighted by atomic mass is 10.1. The Labute approximate surface area is 77.1 Å². The Hall–Kier alpha value is -1.51. The van der Waals surface area contributed by atoms with E-state index in [0.29, 0.717) is 0 Å². The largest absolute Gasteiger partial charge is 0.477 e. The van der Waals surface area contributed by atoms with Gasteiger partial charge in [-0.05, 0) is 30.5 Å². The maximum atomic E-state index is 10.8. The van der Waals surface area contributed by atoms with E-state index in [4.69, 9.17) is 5.11 Å². The quantitative estimate of drug-likeness (QED) is 0.747. The van der Waals surface area contributed by atoms with Crippen molar-refractivity contribution in [2.75, 3.05) is 0 Å². The highest BCUT2D eigenvalue weighted by Gasteiger charge is 2.15. The third kappa shape index (κ3) is 1.49. The van der Waals surface area contributed by atoms with Gasteiger partial charge in [0.1, 0.15) is 5.69 Å². The van der Waals surface area contributed by atoms with Gasteiger partial charge in [0.05, 0.1) is 0 Å². The second-order valence-electron chi connectivity index (χ2n) is 2.88. The highest BCUT2D eigenvalue weighted by atomic mass is 16.4. The van der Waals surface area contributed by atoms with Gasteiger partial charge < -0.3 is 10.1 Å². The van der Waals surface area contributed by atoms with Crippen molar-refractivity contribution in [2.45, 2.75) is 20.3 Å². The molecule has 1 aromatic heterocycles. The molecule has 0 atom stereocenters. The van der Waals surface area contributed by atoms with Gasteiger partial charge in [-0.25, -0.2) is 4.79 Å². The van der Waals surface area contributed by atoms with Crippen molar-refractivity contribution in [3.05, 3.63) is 29.1 Å². The van der Waals surface area contributed by atoms with E-state index >= 15 is 0 Å². The summed E-state index contributed by atoms with van der Waals surface area (Å²) in [7, 11) is 0. The topological polar surface area (TPSA) is 53.1 Å². The van der Waals surface area contributed by atoms with E-state index in [9.17, 15) is 4.79 Å². The molecule has 13 heavy (non-hydrogen) atoms. The lowest BCUT2D eigenvalue weighted by Crippen LogP contribution is -1.98. The number of rotatable bonds is 3. The summed E-state index contributed by atoms with van der Waals surface area (Å²) in [6, 6.07) is 0. The van der Waals surface area contributed by atoms with Gasteiger partial charge in [-0.2, -0.15) is 0 Å². The number of aromatic carboxylic acids is 1. The Bertz CT molecular complexity index is 350. The van der Waals surface area contributed by atoms with Gasteiger partial charge in [0.15, 0.2) is 0 Å². The molecule has 0 unspecified atom stereocenters. The highest BCUT2D eigenvalue weighted by molar-refractivity contribution is 5.88. The summed E-state index contributed by atoms with van der Waals surface area (Å²) in [5.41, 5.74) is 2.93. The summed E-state index contributed by atoms with van der Waals surface area (Å²) < 4.78 is 0. The third-order valence-corrected chi connectivity index (χ3v) is 2.18. The zero-order chi connectivity index (χ0) is 10.0. The molecule has 3 nitrogen and oxygen atoms in total. The summed E-state index contributed by atoms with van der Waals surface area (Å²) in [5, 5.41) is 8.83. The number of nitrogens with one attached hydrogen (secondary N) is 1. The molecule has 0 fully saturated rings. The van der Waals surface area contributed by atoms with Crippen LogP contribution in [-0.2, 0) is 6.42 Å². The molecule has 1 heterocycles. The Morgan fingerprint density at radius 1 is 1.69 bits per heavy atom. The molecule has 0 aliphatic rings. The minimum absolute atomic E-state index is 0.270. The van der Waals surface area contributed by atoms with E-state index in [1.807, 2.05) is 13.8 Å². The van der Waals surface area contributed by atoms with E-state index < -0.39 is 5.97 Å². The second kappa shape index (κ2) is 3.47. The fourth-order valence-electron chi connectivity index (χ4n) is 1.50. The SMILES string of the molecule is C=Cc1[nH]c(C(=O)O)c(C)c1CC. The fourth-order valence-corrected chi connectivity index (χ4v) is 1.50. The maximum absolute atomic E-state index is 10.8. The van der Waals surface area contributed by atoms with Crippen molar-refractivity contribution in [1.29, 1.82) is 0 Å². The van der Waals surface area contributed by atoms with Crippen LogP contribution in [0.4, 0.5) is 0 Å². The van der Waals surface area contributed by atoms with Crippen molar-refractivity contribution < 1.29 is 9.90 Å². The van der Waals surface area contributed by atoms with Gasteiger partial charge >= 0.3 is 5.97 Å². The highest BCUT2D eigenvalue weighted by Crippen LogP contribution is 2.19. The van der Waals surface area contributed by atoms with Gasteiger partial charge in [-0.1, -0.05) is 13.5 Å². The molecular weight excluding hydrogens is 166 g/mol. The molecule has 0 bridgehead atoms. The zero-order valence-electron chi connectivity index (χ0n) is 7.85. The average molecular weight is 179 g/mol. The first-order chi connectivity index (χ1) is 6.11. The van der Waals surface area contributed by atoms with Gasteiger partial charge in [0.2, 0.25) is 0 Å². The van der Waals surface area contributed by atoms with Crippen LogP contribution >= 0.6 is 0 Å². The van der Waals surface area contributed by atoms with Crippen molar-refractivity contribution in [1.82, 2.24) is 4.98 Å². The van der Waals surface area contributed by atoms with Crippen molar-refractivity contribution in [3.8, 4) is 0 Å². The molecule has 70 valence electrons. The van der Waals surface area contributed by atoms with Crippen LogP contribution in [0, 0.1) is 6.92 Å². The van der Waals surface area contributed by atoms with Crippen molar-refractivity contribution in [2.24, 2.45) is 0 Å². The number of carboxylic acids is 1. The van der Waals surface area contributed by atoms with E-state index in [1.54, 1.807) is 6.08 Å². The number of hydrogen-bond acceptors (Lipinski definition) is 1. The lowest BCUT2D eigenvalue weighted by molar-refractivity contribution is 0.0690. The molecule has 1 rings (SSSR count). The Kier molecular flexibility index (Phi) is 2.56. The van der Waals surface area contributed by atoms with Crippen molar-refractivity contribution >= 4 is 12.0 Å². The minimum Gasteiger partial charge on any atom is -0.477 e. The van der Waals surface area contributed by atoms with E-state index in [-0.39, 0.29) is 5.69 Å². The van der Waals surface area contributed by atoms with Gasteiger partial charge in [-0.15, -0.1) is 0 Å². The number of carboxylic acid groups (broad SMARTS) is 1. The van der Waals surface area contributed by atoms with E-state index in [1.165, 1.54) is 0 Å². The van der Waals surface area contributed by atoms with Crippen LogP contribution in [0.25, 0.3) is 6.08 Å². The number of aromatic amines is 1. The molecule has 3 heteroatoms. The van der Waals surface area contributed by atoms with Crippen LogP contribution < -0.4 is 0 Å². The lowest BCUT2D eigenvalue weighted by Gasteiger charge is -1.95. The average Bonchev–Trinajstić information content (AvgIpc) is 2.41. The molecule has 0 radical (unpaired) electrons. The molecule has 0 spiro atoms. The van der Waals surface area contributed by atoms with Gasteiger partial charge in [0.25, 0.3) is 0 Å². The second-order valence-corrected chi connectivity index (χ2v) is 2.88. The molecule has 0 saturated carbocycles. The number of carbonyl (C=O) groups is 1. The van der Waals surface area contributed by atoms with Gasteiger partial charge in [-0.3, -0.25) is 0 Å². The maximum Gasteiger partial charge on any atom is 0.352 e. The number of hydrogen-bond donors (Lipinski definition) is 2. The zero-order valence-corrected chi connectivity index (χ0v) is 7.85. The van der Waals surface area contributed by atoms with Crippen molar-refractivity contribution in [3.63, 3.8) is 0 Å². The summed E-state index contributed by atoms with van der Waals surface area (Å²) in [4.78, 5) is 13.6. The summed E-state index contributed by atoms with van der Waals surface area (Å²) >= 11 is 0. The van der Waals surface area contributed by atoms with Crippen LogP contribution in [0.2, 0.25) is 0 Å². The molecule has 0 aliphatic heterocycles. The first kappa shape index (κ1) is 9.58. The summed E-state index contributed by atoms with van der Waals surface area (Å²) in [6.45, 7) is 7.44. The number of H-pyrrole nitrogens is 1. The summed E-state index contributed by atoms with van der Waals surface area (Å²) in [5.74, 6) is -0.916. The van der Waals surface area contributed by atoms with Crippen LogP contribution in [-0.4, -0.2) is 16.1 Å². The fraction of sp³-hybridized carbons (Fsp3) is 0.300. The third-order valence-electron chi connectivity index (χ3n) is 2.18. The first-order valence-electron chi connectivity index (χ1n) is 4.19. The molecule has 0 aromatic carbocycles. The van der Waals surface area contributed by atoms with Crippen LogP contribution in [0.5, 0.6) is 0 Å².